The molecule has 140 valence electrons. The smallest absolute Gasteiger partial charge is 0.237 e. The number of carbonyl (C=O) groups is 1. The molecule has 1 unspecified atom stereocenters. The number of nitrogens with two attached hydrogens (primary N) is 1. The van der Waals surface area contributed by atoms with Crippen LogP contribution in [0.15, 0.2) is 41.7 Å². The lowest BCUT2D eigenvalue weighted by molar-refractivity contribution is -0.115. The summed E-state index contributed by atoms with van der Waals surface area (Å²) in [5.74, 6) is 6.17. The first kappa shape index (κ1) is 19.8. The number of benzene rings is 1. The zero-order valence-corrected chi connectivity index (χ0v) is 16.9. The largest absolute Gasteiger partial charge is 0.335 e. The summed E-state index contributed by atoms with van der Waals surface area (Å²) >= 11 is 19.2. The maximum atomic E-state index is 12.4. The number of hydrogen-bond acceptors (Lipinski definition) is 6. The van der Waals surface area contributed by atoms with Gasteiger partial charge in [-0.05, 0) is 37.3 Å². The van der Waals surface area contributed by atoms with E-state index in [1.54, 1.807) is 37.3 Å². The van der Waals surface area contributed by atoms with Crippen LogP contribution in [-0.2, 0) is 4.79 Å². The Labute approximate surface area is 174 Å². The fourth-order valence-corrected chi connectivity index (χ4v) is 3.57. The number of pyridine rings is 1. The molecule has 1 amide bonds. The summed E-state index contributed by atoms with van der Waals surface area (Å²) in [4.78, 5) is 16.3. The second-order valence-electron chi connectivity index (χ2n) is 5.39. The first-order valence-electron chi connectivity index (χ1n) is 7.60. The third-order valence-corrected chi connectivity index (χ3v) is 5.41. The van der Waals surface area contributed by atoms with Crippen LogP contribution in [0.25, 0.3) is 11.4 Å². The van der Waals surface area contributed by atoms with E-state index in [1.807, 2.05) is 0 Å². The van der Waals surface area contributed by atoms with Crippen molar-refractivity contribution in [1.29, 1.82) is 0 Å². The van der Waals surface area contributed by atoms with Crippen molar-refractivity contribution >= 4 is 58.2 Å². The number of carbonyl (C=O) groups excluding carboxylic acids is 1. The average Bonchev–Trinajstić information content (AvgIpc) is 2.97. The van der Waals surface area contributed by atoms with E-state index in [4.69, 9.17) is 40.6 Å². The van der Waals surface area contributed by atoms with Gasteiger partial charge in [0, 0.05) is 16.8 Å². The molecule has 27 heavy (non-hydrogen) atoms. The van der Waals surface area contributed by atoms with Gasteiger partial charge in [0.25, 0.3) is 0 Å². The molecule has 0 radical (unpaired) electrons. The van der Waals surface area contributed by atoms with Crippen LogP contribution in [-0.4, -0.2) is 31.0 Å². The van der Waals surface area contributed by atoms with E-state index in [1.165, 1.54) is 10.9 Å². The van der Waals surface area contributed by atoms with Gasteiger partial charge in [0.05, 0.1) is 16.0 Å². The van der Waals surface area contributed by atoms with Gasteiger partial charge in [-0.2, -0.15) is 0 Å². The van der Waals surface area contributed by atoms with Crippen molar-refractivity contribution in [3.05, 3.63) is 51.7 Å². The minimum absolute atomic E-state index is 0.213. The van der Waals surface area contributed by atoms with E-state index >= 15 is 0 Å². The molecule has 11 heteroatoms. The Balaban J connectivity index is 1.75. The van der Waals surface area contributed by atoms with Crippen molar-refractivity contribution in [2.75, 3.05) is 11.2 Å². The van der Waals surface area contributed by atoms with Gasteiger partial charge in [-0.15, -0.1) is 10.2 Å². The molecule has 1 atom stereocenters. The first-order valence-corrected chi connectivity index (χ1v) is 9.62. The first-order chi connectivity index (χ1) is 12.9. The SMILES string of the molecule is CC(Sc1nnc(-c2ccc(Cl)cc2Cl)n1N)C(=O)Nc1cccnc1Cl. The quantitative estimate of drug-likeness (QED) is 0.349. The van der Waals surface area contributed by atoms with Gasteiger partial charge in [0.15, 0.2) is 11.0 Å². The van der Waals surface area contributed by atoms with Gasteiger partial charge in [-0.3, -0.25) is 4.79 Å². The van der Waals surface area contributed by atoms with E-state index in [2.05, 4.69) is 20.5 Å². The number of anilines is 1. The van der Waals surface area contributed by atoms with Crippen molar-refractivity contribution in [2.45, 2.75) is 17.3 Å². The van der Waals surface area contributed by atoms with Crippen LogP contribution >= 0.6 is 46.6 Å². The molecule has 0 aliphatic rings. The van der Waals surface area contributed by atoms with Crippen molar-refractivity contribution in [3.8, 4) is 11.4 Å². The Morgan fingerprint density at radius 2 is 2.04 bits per heavy atom. The average molecular weight is 444 g/mol. The standard InChI is InChI=1S/C16H13Cl3N6OS/c1-8(15(26)22-12-3-2-6-21-13(12)19)27-16-24-23-14(25(16)20)10-5-4-9(17)7-11(10)18/h2-8H,20H2,1H3,(H,22,26). The molecule has 0 fully saturated rings. The third kappa shape index (κ3) is 4.47. The Bertz CT molecular complexity index is 996. The highest BCUT2D eigenvalue weighted by molar-refractivity contribution is 8.00. The molecule has 3 N–H and O–H groups in total. The van der Waals surface area contributed by atoms with E-state index in [0.717, 1.165) is 11.8 Å². The summed E-state index contributed by atoms with van der Waals surface area (Å²) in [5, 5.41) is 11.8. The number of aromatic nitrogens is 4. The number of rotatable bonds is 5. The van der Waals surface area contributed by atoms with Crippen LogP contribution in [0, 0.1) is 0 Å². The van der Waals surface area contributed by atoms with E-state index in [9.17, 15) is 4.79 Å². The molecule has 7 nitrogen and oxygen atoms in total. The Morgan fingerprint density at radius 3 is 2.74 bits per heavy atom. The van der Waals surface area contributed by atoms with E-state index in [0.29, 0.717) is 32.3 Å². The molecule has 2 aromatic heterocycles. The Kier molecular flexibility index (Phi) is 6.11. The maximum Gasteiger partial charge on any atom is 0.237 e. The van der Waals surface area contributed by atoms with Crippen molar-refractivity contribution < 1.29 is 4.79 Å². The number of amides is 1. The van der Waals surface area contributed by atoms with Gasteiger partial charge < -0.3 is 11.2 Å². The lowest BCUT2D eigenvalue weighted by Gasteiger charge is -2.12. The highest BCUT2D eigenvalue weighted by atomic mass is 35.5. The predicted octanol–water partition coefficient (Wildman–Crippen LogP) is 4.13. The van der Waals surface area contributed by atoms with Gasteiger partial charge in [-0.1, -0.05) is 46.6 Å². The highest BCUT2D eigenvalue weighted by Crippen LogP contribution is 2.31. The van der Waals surface area contributed by atoms with Crippen molar-refractivity contribution in [3.63, 3.8) is 0 Å². The van der Waals surface area contributed by atoms with Crippen LogP contribution in [0.2, 0.25) is 15.2 Å². The molecule has 0 aliphatic heterocycles. The second kappa shape index (κ2) is 8.35. The lowest BCUT2D eigenvalue weighted by atomic mass is 10.2. The highest BCUT2D eigenvalue weighted by Gasteiger charge is 2.21. The third-order valence-electron chi connectivity index (χ3n) is 3.50. The zero-order valence-electron chi connectivity index (χ0n) is 13.9. The Morgan fingerprint density at radius 1 is 1.26 bits per heavy atom. The summed E-state index contributed by atoms with van der Waals surface area (Å²) in [6.45, 7) is 1.72. The van der Waals surface area contributed by atoms with Crippen LogP contribution in [0.1, 0.15) is 6.92 Å². The summed E-state index contributed by atoms with van der Waals surface area (Å²) in [5.41, 5.74) is 1.02. The normalized spacial score (nSPS) is 12.0. The van der Waals surface area contributed by atoms with Crippen LogP contribution < -0.4 is 11.2 Å². The van der Waals surface area contributed by atoms with Crippen molar-refractivity contribution in [1.82, 2.24) is 19.9 Å². The molecular formula is C16H13Cl3N6OS. The van der Waals surface area contributed by atoms with Crippen LogP contribution in [0.3, 0.4) is 0 Å². The number of halogens is 3. The lowest BCUT2D eigenvalue weighted by Crippen LogP contribution is -2.24. The molecule has 3 aromatic rings. The molecule has 2 heterocycles. The second-order valence-corrected chi connectivity index (χ2v) is 7.90. The topological polar surface area (TPSA) is 98.7 Å². The summed E-state index contributed by atoms with van der Waals surface area (Å²) in [7, 11) is 0. The number of nitrogens with one attached hydrogen (secondary N) is 1. The van der Waals surface area contributed by atoms with Crippen LogP contribution in [0.4, 0.5) is 5.69 Å². The molecule has 1 aromatic carbocycles. The van der Waals surface area contributed by atoms with Crippen LogP contribution in [0.5, 0.6) is 0 Å². The van der Waals surface area contributed by atoms with E-state index in [-0.39, 0.29) is 11.1 Å². The van der Waals surface area contributed by atoms with Gasteiger partial charge >= 0.3 is 0 Å². The number of nitrogen functional groups attached to an aromatic ring is 1. The summed E-state index contributed by atoms with van der Waals surface area (Å²) in [6.07, 6.45) is 1.54. The molecule has 0 aliphatic carbocycles. The summed E-state index contributed by atoms with van der Waals surface area (Å²) < 4.78 is 1.28. The zero-order chi connectivity index (χ0) is 19.6. The van der Waals surface area contributed by atoms with Gasteiger partial charge in [-0.25, -0.2) is 9.66 Å². The molecule has 0 spiro atoms. The molecule has 3 rings (SSSR count). The number of nitrogens with zero attached hydrogens (tertiary/aromatic N) is 4. The maximum absolute atomic E-state index is 12.4. The molecule has 0 bridgehead atoms. The summed E-state index contributed by atoms with van der Waals surface area (Å²) in [6, 6.07) is 8.31. The van der Waals surface area contributed by atoms with Crippen molar-refractivity contribution in [2.24, 2.45) is 0 Å². The Hall–Kier alpha value is -2.00. The fourth-order valence-electron chi connectivity index (χ4n) is 2.14. The monoisotopic (exact) mass is 442 g/mol. The number of thioether (sulfide) groups is 1. The van der Waals surface area contributed by atoms with Gasteiger partial charge in [0.1, 0.15) is 0 Å². The predicted molar refractivity (Wildman–Crippen MR) is 109 cm³/mol. The molecule has 0 saturated carbocycles. The van der Waals surface area contributed by atoms with E-state index < -0.39 is 5.25 Å². The van der Waals surface area contributed by atoms with Gasteiger partial charge in [0.2, 0.25) is 11.1 Å². The minimum atomic E-state index is -0.513. The number of hydrogen-bond donors (Lipinski definition) is 2. The minimum Gasteiger partial charge on any atom is -0.335 e. The molecular weight excluding hydrogens is 431 g/mol. The fraction of sp³-hybridized carbons (Fsp3) is 0.125. The molecule has 0 saturated heterocycles.